The summed E-state index contributed by atoms with van der Waals surface area (Å²) in [6.45, 7) is 1.22. The second kappa shape index (κ2) is 2.41. The number of nitrogens with zero attached hydrogens (tertiary/aromatic N) is 2. The lowest BCUT2D eigenvalue weighted by molar-refractivity contribution is -0.435. The van der Waals surface area contributed by atoms with Crippen LogP contribution in [0.5, 0.6) is 0 Å². The first kappa shape index (κ1) is 9.43. The Morgan fingerprint density at radius 2 is 1.75 bits per heavy atom. The van der Waals surface area contributed by atoms with Crippen LogP contribution in [0.1, 0.15) is 6.92 Å². The quantitative estimate of drug-likeness (QED) is 0.334. The molecule has 1 rings (SSSR count). The topological polar surface area (TPSA) is 87.4 Å². The molecule has 1 aliphatic heterocycles. The summed E-state index contributed by atoms with van der Waals surface area (Å²) >= 11 is 0. The largest absolute Gasteiger partial charge is 0.357 e. The van der Waals surface area contributed by atoms with E-state index in [1.807, 2.05) is 0 Å². The normalized spacial score (nSPS) is 35.7. The third-order valence-corrected chi connectivity index (χ3v) is 1.90. The van der Waals surface area contributed by atoms with Crippen LogP contribution in [-0.2, 0) is 0 Å². The Morgan fingerprint density at radius 1 is 1.25 bits per heavy atom. The predicted molar refractivity (Wildman–Crippen MR) is 38.3 cm³/mol. The van der Waals surface area contributed by atoms with Crippen molar-refractivity contribution in [1.29, 1.82) is 0 Å². The molecular weight excluding hydrogens is 164 g/mol. The SMILES string of the molecule is CN1C=CC(O)(O)N(O)C1(C)O. The standard InChI is InChI=1S/C6H12N2O4/c1-5(9)7(2)4-3-6(10,11)8(5)12/h3-4,9-12H,1-2H3. The van der Waals surface area contributed by atoms with Gasteiger partial charge in [0, 0.05) is 26.2 Å². The van der Waals surface area contributed by atoms with Crippen LogP contribution in [0.3, 0.4) is 0 Å². The van der Waals surface area contributed by atoms with E-state index in [9.17, 15) is 5.11 Å². The molecule has 6 heteroatoms. The number of hydroxylamine groups is 2. The van der Waals surface area contributed by atoms with Gasteiger partial charge in [0.15, 0.2) is 0 Å². The molecule has 12 heavy (non-hydrogen) atoms. The molecule has 1 unspecified atom stereocenters. The van der Waals surface area contributed by atoms with Crippen LogP contribution in [0, 0.1) is 0 Å². The summed E-state index contributed by atoms with van der Waals surface area (Å²) in [5.74, 6) is -4.37. The Labute approximate surface area is 69.5 Å². The fraction of sp³-hybridized carbons (Fsp3) is 0.667. The minimum Gasteiger partial charge on any atom is -0.357 e. The van der Waals surface area contributed by atoms with Crippen molar-refractivity contribution in [2.45, 2.75) is 18.7 Å². The van der Waals surface area contributed by atoms with E-state index in [0.717, 1.165) is 6.08 Å². The highest BCUT2D eigenvalue weighted by molar-refractivity contribution is 4.99. The van der Waals surface area contributed by atoms with Gasteiger partial charge in [0.25, 0.3) is 5.91 Å². The van der Waals surface area contributed by atoms with E-state index in [2.05, 4.69) is 0 Å². The highest BCUT2D eigenvalue weighted by Gasteiger charge is 2.46. The van der Waals surface area contributed by atoms with Gasteiger partial charge in [-0.25, -0.2) is 0 Å². The molecule has 1 heterocycles. The van der Waals surface area contributed by atoms with Crippen molar-refractivity contribution in [2.24, 2.45) is 0 Å². The summed E-state index contributed by atoms with van der Waals surface area (Å²) in [4.78, 5) is 1.22. The zero-order chi connectivity index (χ0) is 9.57. The maximum Gasteiger partial charge on any atom is 0.274 e. The Balaban J connectivity index is 3.02. The fourth-order valence-electron chi connectivity index (χ4n) is 0.885. The molecule has 0 bridgehead atoms. The first-order valence-electron chi connectivity index (χ1n) is 3.37. The Bertz CT molecular complexity index is 214. The summed E-state index contributed by atoms with van der Waals surface area (Å²) in [6, 6.07) is 0. The molecule has 4 N–H and O–H groups in total. The zero-order valence-corrected chi connectivity index (χ0v) is 6.84. The fourth-order valence-corrected chi connectivity index (χ4v) is 0.885. The lowest BCUT2D eigenvalue weighted by Gasteiger charge is -2.45. The Hall–Kier alpha value is -0.660. The molecule has 0 amide bonds. The molecule has 0 aromatic rings. The molecule has 0 aromatic carbocycles. The zero-order valence-electron chi connectivity index (χ0n) is 6.84. The van der Waals surface area contributed by atoms with Gasteiger partial charge in [0.05, 0.1) is 0 Å². The summed E-state index contributed by atoms with van der Waals surface area (Å²) in [5.41, 5.74) is 0. The molecule has 0 saturated carbocycles. The van der Waals surface area contributed by atoms with Crippen LogP contribution in [0.4, 0.5) is 0 Å². The maximum absolute atomic E-state index is 9.48. The molecular formula is C6H12N2O4. The second-order valence-electron chi connectivity index (χ2n) is 2.90. The number of aliphatic hydroxyl groups is 3. The molecule has 0 aliphatic carbocycles. The molecule has 0 saturated heterocycles. The van der Waals surface area contributed by atoms with E-state index < -0.39 is 11.8 Å². The van der Waals surface area contributed by atoms with Crippen LogP contribution in [0.15, 0.2) is 12.3 Å². The van der Waals surface area contributed by atoms with Crippen molar-refractivity contribution >= 4 is 0 Å². The summed E-state index contributed by atoms with van der Waals surface area (Å²) in [5, 5.41) is 36.8. The van der Waals surface area contributed by atoms with Gasteiger partial charge in [-0.15, -0.1) is 0 Å². The van der Waals surface area contributed by atoms with E-state index in [0.29, 0.717) is 0 Å². The van der Waals surface area contributed by atoms with Crippen LogP contribution < -0.4 is 0 Å². The number of rotatable bonds is 0. The van der Waals surface area contributed by atoms with Gasteiger partial charge in [-0.1, -0.05) is 5.06 Å². The molecule has 0 spiro atoms. The van der Waals surface area contributed by atoms with E-state index in [1.54, 1.807) is 0 Å². The minimum atomic E-state index is -2.53. The molecule has 0 aromatic heterocycles. The van der Waals surface area contributed by atoms with Crippen molar-refractivity contribution in [3.63, 3.8) is 0 Å². The molecule has 0 radical (unpaired) electrons. The first-order valence-corrected chi connectivity index (χ1v) is 3.37. The van der Waals surface area contributed by atoms with Gasteiger partial charge in [-0.2, -0.15) is 0 Å². The van der Waals surface area contributed by atoms with Gasteiger partial charge in [-0.3, -0.25) is 0 Å². The lowest BCUT2D eigenvalue weighted by Crippen LogP contribution is -2.65. The van der Waals surface area contributed by atoms with Crippen molar-refractivity contribution in [3.05, 3.63) is 12.3 Å². The van der Waals surface area contributed by atoms with Crippen LogP contribution in [0.25, 0.3) is 0 Å². The Kier molecular flexibility index (Phi) is 1.89. The predicted octanol–water partition coefficient (Wildman–Crippen LogP) is -1.56. The van der Waals surface area contributed by atoms with Crippen molar-refractivity contribution in [1.82, 2.24) is 9.96 Å². The van der Waals surface area contributed by atoms with Crippen LogP contribution >= 0.6 is 0 Å². The van der Waals surface area contributed by atoms with Crippen molar-refractivity contribution in [2.75, 3.05) is 7.05 Å². The summed E-state index contributed by atoms with van der Waals surface area (Å²) < 4.78 is 0. The first-order chi connectivity index (χ1) is 5.28. The third kappa shape index (κ3) is 1.19. The van der Waals surface area contributed by atoms with Crippen LogP contribution in [-0.4, -0.2) is 49.3 Å². The molecule has 6 nitrogen and oxygen atoms in total. The van der Waals surface area contributed by atoms with Gasteiger partial charge >= 0.3 is 0 Å². The highest BCUT2D eigenvalue weighted by Crippen LogP contribution is 2.26. The summed E-state index contributed by atoms with van der Waals surface area (Å²) in [6.07, 6.45) is 2.19. The van der Waals surface area contributed by atoms with E-state index >= 15 is 0 Å². The van der Waals surface area contributed by atoms with E-state index in [1.165, 1.54) is 25.1 Å². The number of hydrogen-bond acceptors (Lipinski definition) is 6. The average molecular weight is 176 g/mol. The van der Waals surface area contributed by atoms with Crippen molar-refractivity contribution in [3.8, 4) is 0 Å². The maximum atomic E-state index is 9.48. The van der Waals surface area contributed by atoms with Gasteiger partial charge in [0.2, 0.25) is 5.85 Å². The summed E-state index contributed by atoms with van der Waals surface area (Å²) in [7, 11) is 1.48. The van der Waals surface area contributed by atoms with Gasteiger partial charge in [0.1, 0.15) is 0 Å². The van der Waals surface area contributed by atoms with E-state index in [4.69, 9.17) is 15.4 Å². The average Bonchev–Trinajstić information content (AvgIpc) is 1.96. The smallest absolute Gasteiger partial charge is 0.274 e. The minimum absolute atomic E-state index is 0.0417. The molecule has 0 fully saturated rings. The lowest BCUT2D eigenvalue weighted by atomic mass is 10.2. The Morgan fingerprint density at radius 3 is 2.17 bits per heavy atom. The number of hydrogen-bond donors (Lipinski definition) is 4. The van der Waals surface area contributed by atoms with Crippen molar-refractivity contribution < 1.29 is 20.5 Å². The van der Waals surface area contributed by atoms with Gasteiger partial charge in [-0.05, 0) is 0 Å². The molecule has 1 atom stereocenters. The second-order valence-corrected chi connectivity index (χ2v) is 2.90. The van der Waals surface area contributed by atoms with E-state index in [-0.39, 0.29) is 5.06 Å². The molecule has 70 valence electrons. The van der Waals surface area contributed by atoms with Crippen LogP contribution in [0.2, 0.25) is 0 Å². The third-order valence-electron chi connectivity index (χ3n) is 1.90. The van der Waals surface area contributed by atoms with Gasteiger partial charge < -0.3 is 25.4 Å². The molecule has 1 aliphatic rings. The monoisotopic (exact) mass is 176 g/mol. The highest BCUT2D eigenvalue weighted by atomic mass is 16.7.